The van der Waals surface area contributed by atoms with E-state index >= 15 is 0 Å². The zero-order valence-corrected chi connectivity index (χ0v) is 27.1. The zero-order valence-electron chi connectivity index (χ0n) is 27.1. The number of alkyl halides is 9. The first-order valence-electron chi connectivity index (χ1n) is 16.0. The van der Waals surface area contributed by atoms with Crippen LogP contribution in [0.3, 0.4) is 0 Å². The van der Waals surface area contributed by atoms with Crippen LogP contribution in [0.1, 0.15) is 72.4 Å². The van der Waals surface area contributed by atoms with Crippen LogP contribution in [0.4, 0.5) is 45.5 Å². The van der Waals surface area contributed by atoms with E-state index in [0.29, 0.717) is 49.7 Å². The third-order valence-corrected chi connectivity index (χ3v) is 8.55. The number of hydrogen-bond acceptors (Lipinski definition) is 7. The Balaban J connectivity index is 1.54. The molecule has 0 bridgehead atoms. The van der Waals surface area contributed by atoms with Gasteiger partial charge < -0.3 is 20.1 Å². The highest BCUT2D eigenvalue weighted by Crippen LogP contribution is 2.37. The molecule has 7 nitrogen and oxygen atoms in total. The molecule has 16 heteroatoms. The van der Waals surface area contributed by atoms with E-state index in [-0.39, 0.29) is 41.6 Å². The third kappa shape index (κ3) is 11.2. The zero-order chi connectivity index (χ0) is 36.7. The fourth-order valence-corrected chi connectivity index (χ4v) is 6.03. The lowest BCUT2D eigenvalue weighted by Gasteiger charge is -2.28. The van der Waals surface area contributed by atoms with E-state index in [9.17, 15) is 49.4 Å². The van der Waals surface area contributed by atoms with Gasteiger partial charge in [0.1, 0.15) is 0 Å². The normalized spacial score (nSPS) is 17.1. The molecule has 3 aromatic rings. The summed E-state index contributed by atoms with van der Waals surface area (Å²) in [6, 6.07) is 4.14. The number of carbonyl (C=O) groups is 1. The molecule has 0 saturated heterocycles. The minimum Gasteiger partial charge on any atom is -0.505 e. The van der Waals surface area contributed by atoms with Crippen molar-refractivity contribution in [2.24, 2.45) is 11.8 Å². The van der Waals surface area contributed by atoms with Crippen LogP contribution >= 0.6 is 0 Å². The van der Waals surface area contributed by atoms with Crippen molar-refractivity contribution in [1.82, 2.24) is 15.3 Å². The number of ether oxygens (including phenoxy) is 1. The number of nitrogens with one attached hydrogen (secondary N) is 1. The van der Waals surface area contributed by atoms with Crippen molar-refractivity contribution < 1.29 is 54.2 Å². The Hall–Kier alpha value is -4.08. The number of rotatable bonds is 13. The van der Waals surface area contributed by atoms with Crippen LogP contribution in [-0.2, 0) is 47.6 Å². The molecule has 1 heterocycles. The average Bonchev–Trinajstić information content (AvgIpc) is 3.03. The molecule has 0 aliphatic heterocycles. The van der Waals surface area contributed by atoms with Crippen LogP contribution in [0.25, 0.3) is 0 Å². The second kappa shape index (κ2) is 16.3. The maximum absolute atomic E-state index is 13.8. The lowest BCUT2D eigenvalue weighted by atomic mass is 9.80. The third-order valence-electron chi connectivity index (χ3n) is 8.55. The van der Waals surface area contributed by atoms with Crippen molar-refractivity contribution in [1.29, 1.82) is 0 Å². The summed E-state index contributed by atoms with van der Waals surface area (Å²) < 4.78 is 128. The maximum atomic E-state index is 13.8. The maximum Gasteiger partial charge on any atom is 0.416 e. The Morgan fingerprint density at radius 3 is 1.96 bits per heavy atom. The van der Waals surface area contributed by atoms with Crippen molar-refractivity contribution in [3.05, 3.63) is 82.2 Å². The Morgan fingerprint density at radius 2 is 1.40 bits per heavy atom. The molecule has 2 N–H and O–H groups in total. The summed E-state index contributed by atoms with van der Waals surface area (Å²) in [6.07, 6.45) is -8.87. The monoisotopic (exact) mass is 720 g/mol. The second-order valence-electron chi connectivity index (χ2n) is 12.3. The van der Waals surface area contributed by atoms with Crippen molar-refractivity contribution in [2.45, 2.75) is 77.1 Å². The van der Waals surface area contributed by atoms with Gasteiger partial charge in [0.25, 0.3) is 0 Å². The molecule has 1 aliphatic carbocycles. The number of esters is 1. The number of carbonyl (C=O) groups excluding carboxylic acids is 1. The molecule has 274 valence electrons. The summed E-state index contributed by atoms with van der Waals surface area (Å²) in [5, 5.41) is 13.0. The average molecular weight is 721 g/mol. The van der Waals surface area contributed by atoms with Crippen molar-refractivity contribution in [3.8, 4) is 5.75 Å². The Morgan fingerprint density at radius 1 is 0.820 bits per heavy atom. The molecule has 0 radical (unpaired) electrons. The van der Waals surface area contributed by atoms with Gasteiger partial charge >= 0.3 is 24.5 Å². The first-order valence-corrected chi connectivity index (χ1v) is 16.0. The van der Waals surface area contributed by atoms with Gasteiger partial charge in [0.05, 0.1) is 35.7 Å². The number of halogens is 9. The molecule has 1 saturated carbocycles. The Kier molecular flexibility index (Phi) is 12.6. The van der Waals surface area contributed by atoms with E-state index in [1.165, 1.54) is 6.07 Å². The SMILES string of the molecule is CCOC(=O)CC1CCC(CNCCc2ccc(C(F)(F)F)cc2CN(Cc2cc(C(F)(F)F)cc(C(F)(F)F)c2)c2ncc(O)cn2)CC1. The second-order valence-corrected chi connectivity index (χ2v) is 12.3. The van der Waals surface area contributed by atoms with E-state index in [1.807, 2.05) is 0 Å². The van der Waals surface area contributed by atoms with Crippen LogP contribution in [-0.4, -0.2) is 40.7 Å². The molecule has 0 spiro atoms. The smallest absolute Gasteiger partial charge is 0.416 e. The number of nitrogens with zero attached hydrogens (tertiary/aromatic N) is 3. The van der Waals surface area contributed by atoms with Crippen LogP contribution in [0, 0.1) is 11.8 Å². The Bertz CT molecular complexity index is 1540. The molecule has 0 unspecified atom stereocenters. The van der Waals surface area contributed by atoms with Crippen molar-refractivity contribution in [3.63, 3.8) is 0 Å². The number of hydrogen-bond donors (Lipinski definition) is 2. The van der Waals surface area contributed by atoms with Crippen molar-refractivity contribution >= 4 is 11.9 Å². The van der Waals surface area contributed by atoms with Gasteiger partial charge in [0.2, 0.25) is 5.95 Å². The van der Waals surface area contributed by atoms with Crippen LogP contribution in [0.2, 0.25) is 0 Å². The van der Waals surface area contributed by atoms with E-state index in [2.05, 4.69) is 15.3 Å². The summed E-state index contributed by atoms with van der Waals surface area (Å²) in [6.45, 7) is 2.06. The van der Waals surface area contributed by atoms with E-state index in [4.69, 9.17) is 4.74 Å². The predicted octanol–water partition coefficient (Wildman–Crippen LogP) is 8.34. The fourth-order valence-electron chi connectivity index (χ4n) is 6.03. The van der Waals surface area contributed by atoms with E-state index < -0.39 is 53.9 Å². The summed E-state index contributed by atoms with van der Waals surface area (Å²) in [7, 11) is 0. The van der Waals surface area contributed by atoms with Crippen molar-refractivity contribution in [2.75, 3.05) is 24.6 Å². The summed E-state index contributed by atoms with van der Waals surface area (Å²) >= 11 is 0. The fraction of sp³-hybridized carbons (Fsp3) is 0.500. The van der Waals surface area contributed by atoms with Gasteiger partial charge in [0.15, 0.2) is 5.75 Å². The molecule has 1 fully saturated rings. The molecule has 1 aliphatic rings. The first-order chi connectivity index (χ1) is 23.4. The number of aromatic nitrogens is 2. The highest BCUT2D eigenvalue weighted by atomic mass is 19.4. The standard InChI is InChI=1S/C34H37F9N4O3/c1-2-50-30(49)13-21-3-5-22(6-4-21)16-44-10-9-24-7-8-26(32(35,36)37)14-25(24)20-47(31-45-17-29(48)18-46-31)19-23-11-27(33(38,39)40)15-28(12-23)34(41,42)43/h7-8,11-12,14-15,17-18,21-22,44,48H,2-6,9-10,13,16,19-20H2,1H3. The number of anilines is 1. The quantitative estimate of drug-likeness (QED) is 0.104. The van der Waals surface area contributed by atoms with Crippen LogP contribution in [0.15, 0.2) is 48.8 Å². The molecule has 0 atom stereocenters. The Labute approximate surface area is 282 Å². The molecule has 1 aromatic heterocycles. The minimum absolute atomic E-state index is 0.0159. The number of benzene rings is 2. The summed E-state index contributed by atoms with van der Waals surface area (Å²) in [5.74, 6) is -0.231. The van der Waals surface area contributed by atoms with Gasteiger partial charge in [-0.25, -0.2) is 9.97 Å². The van der Waals surface area contributed by atoms with Gasteiger partial charge in [-0.2, -0.15) is 39.5 Å². The largest absolute Gasteiger partial charge is 0.505 e. The molecule has 4 rings (SSSR count). The highest BCUT2D eigenvalue weighted by Gasteiger charge is 2.37. The molecule has 50 heavy (non-hydrogen) atoms. The molecule has 2 aromatic carbocycles. The minimum atomic E-state index is -5.11. The highest BCUT2D eigenvalue weighted by molar-refractivity contribution is 5.69. The van der Waals surface area contributed by atoms with Gasteiger partial charge in [-0.15, -0.1) is 0 Å². The lowest BCUT2D eigenvalue weighted by molar-refractivity contribution is -0.145. The van der Waals surface area contributed by atoms with E-state index in [1.54, 1.807) is 6.92 Å². The van der Waals surface area contributed by atoms with Gasteiger partial charge in [-0.3, -0.25) is 4.79 Å². The lowest BCUT2D eigenvalue weighted by Crippen LogP contribution is -2.29. The topological polar surface area (TPSA) is 87.6 Å². The first kappa shape index (κ1) is 38.7. The van der Waals surface area contributed by atoms with Crippen LogP contribution < -0.4 is 10.2 Å². The van der Waals surface area contributed by atoms with Gasteiger partial charge in [-0.05, 0) is 111 Å². The summed E-state index contributed by atoms with van der Waals surface area (Å²) in [5.41, 5.74) is -3.95. The van der Waals surface area contributed by atoms with Gasteiger partial charge in [0, 0.05) is 19.5 Å². The predicted molar refractivity (Wildman–Crippen MR) is 165 cm³/mol. The number of aromatic hydroxyl groups is 1. The molecule has 0 amide bonds. The van der Waals surface area contributed by atoms with Crippen LogP contribution in [0.5, 0.6) is 5.75 Å². The van der Waals surface area contributed by atoms with E-state index in [0.717, 1.165) is 55.1 Å². The van der Waals surface area contributed by atoms with Gasteiger partial charge in [-0.1, -0.05) is 6.07 Å². The molecular formula is C34H37F9N4O3. The summed E-state index contributed by atoms with van der Waals surface area (Å²) in [4.78, 5) is 20.8. The molecular weight excluding hydrogens is 683 g/mol.